The van der Waals surface area contributed by atoms with Gasteiger partial charge in [0.05, 0.1) is 0 Å². The Balaban J connectivity index is 0.000000236. The average molecular weight is 234 g/mol. The Hall–Kier alpha value is -1.11. The number of Topliss-reactive ketones (excluding diaryl/α,β-unsaturated/α-hetero) is 1. The van der Waals surface area contributed by atoms with Crippen LogP contribution < -0.4 is 0 Å². The number of carbonyl (C=O) groups excluding carboxylic acids is 1. The van der Waals surface area contributed by atoms with Gasteiger partial charge in [-0.05, 0) is 20.8 Å². The number of ketones is 1. The molecule has 0 heterocycles. The van der Waals surface area contributed by atoms with Crippen molar-refractivity contribution in [3.8, 4) is 0 Å². The highest BCUT2D eigenvalue weighted by Crippen LogP contribution is 2.15. The maximum atomic E-state index is 9.44. The number of rotatable bonds is 0. The Morgan fingerprint density at radius 1 is 0.824 bits per heavy atom. The van der Waals surface area contributed by atoms with E-state index < -0.39 is 0 Å². The summed E-state index contributed by atoms with van der Waals surface area (Å²) in [6.07, 6.45) is 9.00. The van der Waals surface area contributed by atoms with Crippen LogP contribution in [0.15, 0.2) is 30.3 Å². The van der Waals surface area contributed by atoms with E-state index in [9.17, 15) is 4.79 Å². The van der Waals surface area contributed by atoms with Crippen molar-refractivity contribution in [1.82, 2.24) is 0 Å². The smallest absolute Gasteiger partial charge is 0.126 e. The van der Waals surface area contributed by atoms with E-state index in [4.69, 9.17) is 0 Å². The highest BCUT2D eigenvalue weighted by molar-refractivity contribution is 5.72. The summed E-state index contributed by atoms with van der Waals surface area (Å²) in [6.45, 7) is 5.14. The van der Waals surface area contributed by atoms with Crippen LogP contribution in [0.1, 0.15) is 57.9 Å². The summed E-state index contributed by atoms with van der Waals surface area (Å²) in [6, 6.07) is 10.3. The van der Waals surface area contributed by atoms with Crippen molar-refractivity contribution in [2.45, 2.75) is 59.3 Å². The third-order valence-corrected chi connectivity index (χ3v) is 2.44. The molecule has 0 amide bonds. The predicted octanol–water partition coefficient (Wildman–Crippen LogP) is 4.93. The normalized spacial score (nSPS) is 13.6. The van der Waals surface area contributed by atoms with Crippen LogP contribution in [0.2, 0.25) is 0 Å². The summed E-state index contributed by atoms with van der Waals surface area (Å²) in [4.78, 5) is 9.44. The molecular weight excluding hydrogens is 208 g/mol. The first-order valence-electron chi connectivity index (χ1n) is 6.61. The fourth-order valence-corrected chi connectivity index (χ4v) is 1.60. The molecule has 1 aromatic carbocycles. The molecular formula is C16H26O. The Labute approximate surface area is 106 Å². The molecule has 0 atom stereocenters. The van der Waals surface area contributed by atoms with Crippen molar-refractivity contribution in [2.24, 2.45) is 0 Å². The molecule has 1 nitrogen and oxygen atoms in total. The number of carbonyl (C=O) groups is 1. The Morgan fingerprint density at radius 3 is 1.29 bits per heavy atom. The Morgan fingerprint density at radius 2 is 1.12 bits per heavy atom. The monoisotopic (exact) mass is 234 g/mol. The van der Waals surface area contributed by atoms with Crippen LogP contribution in [0.25, 0.3) is 0 Å². The zero-order valence-electron chi connectivity index (χ0n) is 11.5. The summed E-state index contributed by atoms with van der Waals surface area (Å²) in [7, 11) is 0. The molecule has 0 unspecified atom stereocenters. The van der Waals surface area contributed by atoms with Crippen molar-refractivity contribution >= 4 is 5.78 Å². The number of hydrogen-bond acceptors (Lipinski definition) is 1. The summed E-state index contributed by atoms with van der Waals surface area (Å²) in [5.74, 6) is 0.167. The molecule has 0 aliphatic heterocycles. The molecule has 0 radical (unpaired) electrons. The van der Waals surface area contributed by atoms with Crippen LogP contribution in [0.4, 0.5) is 0 Å². The van der Waals surface area contributed by atoms with E-state index in [0.29, 0.717) is 0 Å². The Kier molecular flexibility index (Phi) is 10.6. The number of aryl methyl sites for hydroxylation is 1. The lowest BCUT2D eigenvalue weighted by Gasteiger charge is -2.05. The number of hydrogen-bond donors (Lipinski definition) is 0. The molecule has 1 saturated carbocycles. The van der Waals surface area contributed by atoms with Gasteiger partial charge in [-0.2, -0.15) is 0 Å². The van der Waals surface area contributed by atoms with Crippen molar-refractivity contribution in [2.75, 3.05) is 0 Å². The highest BCUT2D eigenvalue weighted by Gasteiger charge is 1.95. The maximum absolute atomic E-state index is 9.44. The lowest BCUT2D eigenvalue weighted by atomic mass is 10.0. The van der Waals surface area contributed by atoms with Crippen LogP contribution in [0.3, 0.4) is 0 Å². The van der Waals surface area contributed by atoms with Crippen molar-refractivity contribution in [3.05, 3.63) is 35.9 Å². The van der Waals surface area contributed by atoms with Crippen molar-refractivity contribution < 1.29 is 4.79 Å². The van der Waals surface area contributed by atoms with Crippen LogP contribution in [-0.4, -0.2) is 5.78 Å². The largest absolute Gasteiger partial charge is 0.300 e. The molecule has 2 rings (SSSR count). The molecule has 0 spiro atoms. The lowest BCUT2D eigenvalue weighted by Crippen LogP contribution is -1.85. The first-order valence-corrected chi connectivity index (χ1v) is 6.61. The number of benzene rings is 1. The molecule has 1 aliphatic rings. The maximum Gasteiger partial charge on any atom is 0.126 e. The van der Waals surface area contributed by atoms with E-state index in [1.54, 1.807) is 0 Å². The minimum atomic E-state index is 0.167. The van der Waals surface area contributed by atoms with Crippen molar-refractivity contribution in [3.63, 3.8) is 0 Å². The van der Waals surface area contributed by atoms with Crippen LogP contribution in [-0.2, 0) is 4.79 Å². The van der Waals surface area contributed by atoms with Gasteiger partial charge in [0.1, 0.15) is 5.78 Å². The van der Waals surface area contributed by atoms with Gasteiger partial charge in [-0.1, -0.05) is 74.4 Å². The SMILES string of the molecule is C1CCCCC1.CC(C)=O.Cc1ccccc1. The quantitative estimate of drug-likeness (QED) is 0.622. The van der Waals surface area contributed by atoms with E-state index in [2.05, 4.69) is 19.1 Å². The molecule has 1 fully saturated rings. The fraction of sp³-hybridized carbons (Fsp3) is 0.562. The van der Waals surface area contributed by atoms with E-state index in [0.717, 1.165) is 0 Å². The third-order valence-electron chi connectivity index (χ3n) is 2.44. The molecule has 1 aromatic rings. The van der Waals surface area contributed by atoms with Crippen LogP contribution in [0, 0.1) is 6.92 Å². The van der Waals surface area contributed by atoms with Crippen LogP contribution >= 0.6 is 0 Å². The summed E-state index contributed by atoms with van der Waals surface area (Å²) in [5.41, 5.74) is 1.32. The van der Waals surface area contributed by atoms with Gasteiger partial charge in [-0.25, -0.2) is 0 Å². The molecule has 0 N–H and O–H groups in total. The second-order valence-corrected chi connectivity index (χ2v) is 4.68. The van der Waals surface area contributed by atoms with Gasteiger partial charge in [0.25, 0.3) is 0 Å². The molecule has 0 saturated heterocycles. The van der Waals surface area contributed by atoms with E-state index in [1.807, 2.05) is 18.2 Å². The van der Waals surface area contributed by atoms with E-state index >= 15 is 0 Å². The second-order valence-electron chi connectivity index (χ2n) is 4.68. The first kappa shape index (κ1) is 15.9. The van der Waals surface area contributed by atoms with Gasteiger partial charge in [0.2, 0.25) is 0 Å². The molecule has 1 aliphatic carbocycles. The Bertz CT molecular complexity index is 257. The zero-order valence-corrected chi connectivity index (χ0v) is 11.5. The molecule has 1 heteroatoms. The average Bonchev–Trinajstić information content (AvgIpc) is 2.32. The first-order chi connectivity index (χ1) is 8.13. The molecule has 96 valence electrons. The van der Waals surface area contributed by atoms with Gasteiger partial charge in [-0.3, -0.25) is 0 Å². The third kappa shape index (κ3) is 14.9. The fourth-order valence-electron chi connectivity index (χ4n) is 1.60. The standard InChI is InChI=1S/C7H8.C6H12.C3H6O/c1-7-5-3-2-4-6-7;1-2-4-6-5-3-1;1-3(2)4/h2-6H,1H3;1-6H2;1-2H3. The topological polar surface area (TPSA) is 17.1 Å². The zero-order chi connectivity index (χ0) is 12.9. The molecule has 0 aromatic heterocycles. The minimum Gasteiger partial charge on any atom is -0.300 e. The highest BCUT2D eigenvalue weighted by atomic mass is 16.1. The van der Waals surface area contributed by atoms with E-state index in [-0.39, 0.29) is 5.78 Å². The minimum absolute atomic E-state index is 0.167. The summed E-state index contributed by atoms with van der Waals surface area (Å²) >= 11 is 0. The van der Waals surface area contributed by atoms with Gasteiger partial charge < -0.3 is 4.79 Å². The molecule has 0 bridgehead atoms. The van der Waals surface area contributed by atoms with Crippen molar-refractivity contribution in [1.29, 1.82) is 0 Å². The van der Waals surface area contributed by atoms with Gasteiger partial charge in [0.15, 0.2) is 0 Å². The molecule has 17 heavy (non-hydrogen) atoms. The predicted molar refractivity (Wildman–Crippen MR) is 75.2 cm³/mol. The second kappa shape index (κ2) is 11.4. The van der Waals surface area contributed by atoms with Gasteiger partial charge in [-0.15, -0.1) is 0 Å². The van der Waals surface area contributed by atoms with Gasteiger partial charge >= 0.3 is 0 Å². The van der Waals surface area contributed by atoms with Gasteiger partial charge in [0, 0.05) is 0 Å². The lowest BCUT2D eigenvalue weighted by molar-refractivity contribution is -0.114. The summed E-state index contributed by atoms with van der Waals surface area (Å²) in [5, 5.41) is 0. The van der Waals surface area contributed by atoms with Crippen LogP contribution in [0.5, 0.6) is 0 Å². The van der Waals surface area contributed by atoms with E-state index in [1.165, 1.54) is 57.9 Å². The summed E-state index contributed by atoms with van der Waals surface area (Å²) < 4.78 is 0.